The van der Waals surface area contributed by atoms with E-state index in [9.17, 15) is 10.1 Å². The Morgan fingerprint density at radius 2 is 2.31 bits per heavy atom. The van der Waals surface area contributed by atoms with Crippen LogP contribution in [0.1, 0.15) is 24.4 Å². The highest BCUT2D eigenvalue weighted by Gasteiger charge is 2.23. The lowest BCUT2D eigenvalue weighted by Gasteiger charge is -2.13. The normalized spacial score (nSPS) is 19.9. The van der Waals surface area contributed by atoms with Gasteiger partial charge >= 0.3 is 0 Å². The third kappa shape index (κ3) is 1.96. The van der Waals surface area contributed by atoms with Gasteiger partial charge in [-0.1, -0.05) is 11.6 Å². The number of rotatable bonds is 2. The molecule has 1 aromatic rings. The van der Waals surface area contributed by atoms with E-state index < -0.39 is 4.92 Å². The Balaban J connectivity index is 2.44. The van der Waals surface area contributed by atoms with Crippen molar-refractivity contribution >= 4 is 23.0 Å². The predicted octanol–water partition coefficient (Wildman–Crippen LogP) is 2.25. The van der Waals surface area contributed by atoms with Crippen molar-refractivity contribution in [3.8, 4) is 0 Å². The quantitative estimate of drug-likeness (QED) is 0.473. The molecule has 1 fully saturated rings. The number of nitro benzene ring substituents is 1. The van der Waals surface area contributed by atoms with Crippen LogP contribution in [0.2, 0.25) is 5.02 Å². The molecule has 1 aromatic carbocycles. The van der Waals surface area contributed by atoms with Gasteiger partial charge in [0, 0.05) is 17.1 Å². The first-order valence-corrected chi connectivity index (χ1v) is 5.44. The van der Waals surface area contributed by atoms with E-state index in [2.05, 4.69) is 5.32 Å². The first-order chi connectivity index (χ1) is 7.59. The Labute approximate surface area is 97.7 Å². The molecule has 86 valence electrons. The topological polar surface area (TPSA) is 81.2 Å². The molecule has 0 radical (unpaired) electrons. The Morgan fingerprint density at radius 3 is 2.88 bits per heavy atom. The number of nitrogens with two attached hydrogens (primary N) is 1. The van der Waals surface area contributed by atoms with Crippen LogP contribution in [-0.2, 0) is 0 Å². The number of hydrogen-bond donors (Lipinski definition) is 2. The highest BCUT2D eigenvalue weighted by molar-refractivity contribution is 6.31. The van der Waals surface area contributed by atoms with Crippen LogP contribution in [0.15, 0.2) is 12.1 Å². The van der Waals surface area contributed by atoms with Gasteiger partial charge in [0.15, 0.2) is 0 Å². The van der Waals surface area contributed by atoms with Gasteiger partial charge in [-0.15, -0.1) is 0 Å². The zero-order valence-electron chi connectivity index (χ0n) is 8.57. The molecule has 5 nitrogen and oxygen atoms in total. The van der Waals surface area contributed by atoms with Crippen LogP contribution in [0.5, 0.6) is 0 Å². The Bertz CT molecular complexity index is 430. The first-order valence-electron chi connectivity index (χ1n) is 5.06. The van der Waals surface area contributed by atoms with Crippen LogP contribution >= 0.6 is 11.6 Å². The lowest BCUT2D eigenvalue weighted by atomic mass is 10.0. The summed E-state index contributed by atoms with van der Waals surface area (Å²) in [5, 5.41) is 14.5. The molecule has 0 spiro atoms. The molecule has 0 aromatic heterocycles. The lowest BCUT2D eigenvalue weighted by molar-refractivity contribution is -0.384. The Morgan fingerprint density at radius 1 is 1.56 bits per heavy atom. The molecule has 0 saturated carbocycles. The molecule has 1 aliphatic rings. The number of nitro groups is 1. The molecular weight excluding hydrogens is 230 g/mol. The zero-order valence-corrected chi connectivity index (χ0v) is 9.33. The molecule has 0 aliphatic carbocycles. The third-order valence-corrected chi connectivity index (χ3v) is 3.11. The summed E-state index contributed by atoms with van der Waals surface area (Å²) in [4.78, 5) is 10.3. The van der Waals surface area contributed by atoms with Gasteiger partial charge in [0.1, 0.15) is 5.69 Å². The van der Waals surface area contributed by atoms with Crippen LogP contribution in [0.4, 0.5) is 11.4 Å². The number of nitrogens with one attached hydrogen (secondary N) is 1. The summed E-state index contributed by atoms with van der Waals surface area (Å²) in [6, 6.07) is 3.03. The summed E-state index contributed by atoms with van der Waals surface area (Å²) < 4.78 is 0. The van der Waals surface area contributed by atoms with Crippen molar-refractivity contribution in [1.82, 2.24) is 5.32 Å². The summed E-state index contributed by atoms with van der Waals surface area (Å²) in [6.45, 7) is 0.916. The van der Waals surface area contributed by atoms with Gasteiger partial charge in [-0.25, -0.2) is 0 Å². The zero-order chi connectivity index (χ0) is 11.7. The second-order valence-electron chi connectivity index (χ2n) is 3.84. The van der Waals surface area contributed by atoms with Gasteiger partial charge in [-0.05, 0) is 31.0 Å². The van der Waals surface area contributed by atoms with Crippen molar-refractivity contribution in [2.75, 3.05) is 12.3 Å². The molecule has 3 N–H and O–H groups in total. The lowest BCUT2D eigenvalue weighted by Crippen LogP contribution is -2.13. The van der Waals surface area contributed by atoms with E-state index in [4.69, 9.17) is 17.3 Å². The molecular formula is C10H12ClN3O2. The molecule has 0 amide bonds. The van der Waals surface area contributed by atoms with Gasteiger partial charge in [0.05, 0.1) is 4.92 Å². The largest absolute Gasteiger partial charge is 0.393 e. The van der Waals surface area contributed by atoms with E-state index >= 15 is 0 Å². The van der Waals surface area contributed by atoms with E-state index in [1.54, 1.807) is 0 Å². The molecule has 1 saturated heterocycles. The van der Waals surface area contributed by atoms with Crippen LogP contribution in [0.3, 0.4) is 0 Å². The summed E-state index contributed by atoms with van der Waals surface area (Å²) in [5.74, 6) is 0. The fraction of sp³-hybridized carbons (Fsp3) is 0.400. The van der Waals surface area contributed by atoms with E-state index in [-0.39, 0.29) is 17.4 Å². The van der Waals surface area contributed by atoms with E-state index in [1.165, 1.54) is 12.1 Å². The average Bonchev–Trinajstić information content (AvgIpc) is 2.70. The Kier molecular flexibility index (Phi) is 2.98. The third-order valence-electron chi connectivity index (χ3n) is 2.78. The molecule has 1 aliphatic heterocycles. The maximum atomic E-state index is 10.8. The van der Waals surface area contributed by atoms with E-state index in [1.807, 2.05) is 0 Å². The predicted molar refractivity (Wildman–Crippen MR) is 62.5 cm³/mol. The van der Waals surface area contributed by atoms with Crippen molar-refractivity contribution < 1.29 is 4.92 Å². The second-order valence-corrected chi connectivity index (χ2v) is 4.25. The average molecular weight is 242 g/mol. The number of benzene rings is 1. The van der Waals surface area contributed by atoms with Crippen LogP contribution < -0.4 is 11.1 Å². The molecule has 2 rings (SSSR count). The summed E-state index contributed by atoms with van der Waals surface area (Å²) in [6.07, 6.45) is 2.00. The summed E-state index contributed by atoms with van der Waals surface area (Å²) in [5.41, 5.74) is 6.34. The molecule has 16 heavy (non-hydrogen) atoms. The van der Waals surface area contributed by atoms with Gasteiger partial charge in [-0.3, -0.25) is 10.1 Å². The number of anilines is 1. The maximum Gasteiger partial charge on any atom is 0.292 e. The van der Waals surface area contributed by atoms with Crippen molar-refractivity contribution in [2.45, 2.75) is 18.9 Å². The fourth-order valence-electron chi connectivity index (χ4n) is 1.97. The minimum absolute atomic E-state index is 0.0758. The first kappa shape index (κ1) is 11.2. The second kappa shape index (κ2) is 4.27. The molecule has 0 unspecified atom stereocenters. The van der Waals surface area contributed by atoms with E-state index in [0.717, 1.165) is 24.9 Å². The maximum absolute atomic E-state index is 10.8. The van der Waals surface area contributed by atoms with Gasteiger partial charge in [0.2, 0.25) is 0 Å². The van der Waals surface area contributed by atoms with Crippen molar-refractivity contribution in [3.05, 3.63) is 32.8 Å². The number of hydrogen-bond acceptors (Lipinski definition) is 4. The number of nitrogen functional groups attached to an aromatic ring is 1. The highest BCUT2D eigenvalue weighted by Crippen LogP contribution is 2.35. The van der Waals surface area contributed by atoms with Gasteiger partial charge in [0.25, 0.3) is 5.69 Å². The monoisotopic (exact) mass is 241 g/mol. The number of halogens is 1. The molecule has 1 heterocycles. The SMILES string of the molecule is Nc1cc(Cl)c([C@H]2CCCN2)cc1[N+](=O)[O-]. The molecule has 0 bridgehead atoms. The standard InChI is InChI=1S/C10H12ClN3O2/c11-7-5-8(12)10(14(15)16)4-6(7)9-2-1-3-13-9/h4-5,9,13H,1-3,12H2/t9-/m1/s1. The molecule has 6 heteroatoms. The van der Waals surface area contributed by atoms with Gasteiger partial charge < -0.3 is 11.1 Å². The van der Waals surface area contributed by atoms with Crippen LogP contribution in [0.25, 0.3) is 0 Å². The van der Waals surface area contributed by atoms with Crippen molar-refractivity contribution in [3.63, 3.8) is 0 Å². The van der Waals surface area contributed by atoms with Crippen molar-refractivity contribution in [1.29, 1.82) is 0 Å². The smallest absolute Gasteiger partial charge is 0.292 e. The summed E-state index contributed by atoms with van der Waals surface area (Å²) >= 11 is 6.04. The highest BCUT2D eigenvalue weighted by atomic mass is 35.5. The van der Waals surface area contributed by atoms with Crippen molar-refractivity contribution in [2.24, 2.45) is 0 Å². The minimum atomic E-state index is -0.482. The van der Waals surface area contributed by atoms with Crippen LogP contribution in [-0.4, -0.2) is 11.5 Å². The summed E-state index contributed by atoms with van der Waals surface area (Å²) in [7, 11) is 0. The minimum Gasteiger partial charge on any atom is -0.393 e. The van der Waals surface area contributed by atoms with E-state index in [0.29, 0.717) is 5.02 Å². The molecule has 1 atom stereocenters. The fourth-order valence-corrected chi connectivity index (χ4v) is 2.27. The van der Waals surface area contributed by atoms with Gasteiger partial charge in [-0.2, -0.15) is 0 Å². The Hall–Kier alpha value is -1.33. The van der Waals surface area contributed by atoms with Crippen LogP contribution in [0, 0.1) is 10.1 Å². The number of nitrogens with zero attached hydrogens (tertiary/aromatic N) is 1.